The van der Waals surface area contributed by atoms with E-state index < -0.39 is 0 Å². The molecular formula is C19H29N3O2. The first kappa shape index (κ1) is 17.2. The summed E-state index contributed by atoms with van der Waals surface area (Å²) in [7, 11) is 0. The van der Waals surface area contributed by atoms with Gasteiger partial charge in [0.1, 0.15) is 11.5 Å². The zero-order valence-electron chi connectivity index (χ0n) is 15.1. The van der Waals surface area contributed by atoms with Gasteiger partial charge in [0.05, 0.1) is 18.8 Å². The molecule has 2 aromatic heterocycles. The molecule has 1 aliphatic heterocycles. The van der Waals surface area contributed by atoms with Gasteiger partial charge in [0, 0.05) is 37.5 Å². The van der Waals surface area contributed by atoms with E-state index in [-0.39, 0.29) is 0 Å². The molecule has 24 heavy (non-hydrogen) atoms. The van der Waals surface area contributed by atoms with Gasteiger partial charge in [0.15, 0.2) is 0 Å². The molecule has 1 fully saturated rings. The van der Waals surface area contributed by atoms with Crippen molar-refractivity contribution in [2.75, 3.05) is 13.2 Å². The van der Waals surface area contributed by atoms with Gasteiger partial charge in [-0.15, -0.1) is 0 Å². The Morgan fingerprint density at radius 2 is 2.17 bits per heavy atom. The quantitative estimate of drug-likeness (QED) is 0.740. The third-order valence-electron chi connectivity index (χ3n) is 4.70. The maximum Gasteiger partial charge on any atom is 0.118 e. The van der Waals surface area contributed by atoms with E-state index in [9.17, 15) is 0 Å². The standard InChI is InChI=1S/C19H29N3O2/c1-4-9-22-16(3)17(11-20-22)12-21(13-18-6-5-10-23-18)14-19-8-7-15(2)24-19/h7-8,11,18H,4-6,9-10,12-14H2,1-3H3. The third kappa shape index (κ3) is 4.28. The number of aryl methyl sites for hydroxylation is 2. The van der Waals surface area contributed by atoms with Crippen LogP contribution in [0.3, 0.4) is 0 Å². The highest BCUT2D eigenvalue weighted by molar-refractivity contribution is 5.16. The van der Waals surface area contributed by atoms with Crippen molar-refractivity contribution in [3.05, 3.63) is 41.1 Å². The predicted molar refractivity (Wildman–Crippen MR) is 93.8 cm³/mol. The molecule has 132 valence electrons. The Balaban J connectivity index is 1.70. The molecule has 5 heteroatoms. The first-order valence-corrected chi connectivity index (χ1v) is 9.06. The second-order valence-electron chi connectivity index (χ2n) is 6.80. The van der Waals surface area contributed by atoms with Gasteiger partial charge in [-0.25, -0.2) is 0 Å². The van der Waals surface area contributed by atoms with Crippen LogP contribution in [-0.2, 0) is 24.4 Å². The van der Waals surface area contributed by atoms with Crippen LogP contribution in [0, 0.1) is 13.8 Å². The minimum atomic E-state index is 0.340. The lowest BCUT2D eigenvalue weighted by Gasteiger charge is -2.24. The molecule has 1 unspecified atom stereocenters. The Bertz CT molecular complexity index is 641. The van der Waals surface area contributed by atoms with Gasteiger partial charge in [0.2, 0.25) is 0 Å². The minimum Gasteiger partial charge on any atom is -0.465 e. The fourth-order valence-electron chi connectivity index (χ4n) is 3.37. The number of aromatic nitrogens is 2. The predicted octanol–water partition coefficient (Wildman–Crippen LogP) is 3.68. The summed E-state index contributed by atoms with van der Waals surface area (Å²) in [6.07, 6.45) is 5.79. The molecule has 0 radical (unpaired) electrons. The average molecular weight is 331 g/mol. The molecule has 2 aromatic rings. The zero-order chi connectivity index (χ0) is 16.9. The summed E-state index contributed by atoms with van der Waals surface area (Å²) < 4.78 is 13.7. The van der Waals surface area contributed by atoms with Crippen LogP contribution in [0.25, 0.3) is 0 Å². The molecule has 1 aliphatic rings. The van der Waals surface area contributed by atoms with Crippen molar-refractivity contribution in [2.45, 2.75) is 65.8 Å². The molecule has 3 heterocycles. The fraction of sp³-hybridized carbons (Fsp3) is 0.632. The first-order chi connectivity index (χ1) is 11.7. The molecule has 0 bridgehead atoms. The van der Waals surface area contributed by atoms with Crippen LogP contribution in [0.2, 0.25) is 0 Å². The number of ether oxygens (including phenoxy) is 1. The van der Waals surface area contributed by atoms with Crippen molar-refractivity contribution in [3.8, 4) is 0 Å². The zero-order valence-corrected chi connectivity index (χ0v) is 15.1. The van der Waals surface area contributed by atoms with E-state index in [1.165, 1.54) is 17.7 Å². The Hall–Kier alpha value is -1.59. The van der Waals surface area contributed by atoms with E-state index in [0.29, 0.717) is 6.10 Å². The Kier molecular flexibility index (Phi) is 5.74. The minimum absolute atomic E-state index is 0.340. The van der Waals surface area contributed by atoms with Crippen molar-refractivity contribution >= 4 is 0 Å². The number of furan rings is 1. The lowest BCUT2D eigenvalue weighted by atomic mass is 10.2. The summed E-state index contributed by atoms with van der Waals surface area (Å²) in [5, 5.41) is 4.54. The molecule has 1 atom stereocenters. The summed E-state index contributed by atoms with van der Waals surface area (Å²) in [4.78, 5) is 2.43. The summed E-state index contributed by atoms with van der Waals surface area (Å²) >= 11 is 0. The van der Waals surface area contributed by atoms with E-state index in [4.69, 9.17) is 9.15 Å². The van der Waals surface area contributed by atoms with Crippen molar-refractivity contribution in [1.82, 2.24) is 14.7 Å². The summed E-state index contributed by atoms with van der Waals surface area (Å²) in [6, 6.07) is 4.11. The molecule has 5 nitrogen and oxygen atoms in total. The maximum atomic E-state index is 5.84. The average Bonchev–Trinajstić information content (AvgIpc) is 3.27. The Labute approximate surface area is 144 Å². The van der Waals surface area contributed by atoms with Crippen LogP contribution >= 0.6 is 0 Å². The Morgan fingerprint density at radius 3 is 2.83 bits per heavy atom. The molecule has 0 aliphatic carbocycles. The van der Waals surface area contributed by atoms with Gasteiger partial charge in [0.25, 0.3) is 0 Å². The van der Waals surface area contributed by atoms with Crippen LogP contribution in [0.5, 0.6) is 0 Å². The summed E-state index contributed by atoms with van der Waals surface area (Å²) in [6.45, 7) is 10.9. The van der Waals surface area contributed by atoms with Gasteiger partial charge >= 0.3 is 0 Å². The number of rotatable bonds is 8. The number of hydrogen-bond acceptors (Lipinski definition) is 4. The molecule has 1 saturated heterocycles. The van der Waals surface area contributed by atoms with Crippen LogP contribution < -0.4 is 0 Å². The van der Waals surface area contributed by atoms with Crippen LogP contribution in [0.4, 0.5) is 0 Å². The highest BCUT2D eigenvalue weighted by atomic mass is 16.5. The van der Waals surface area contributed by atoms with Gasteiger partial charge in [-0.1, -0.05) is 6.92 Å². The van der Waals surface area contributed by atoms with E-state index in [1.807, 2.05) is 19.2 Å². The molecule has 0 amide bonds. The SMILES string of the molecule is CCCn1ncc(CN(Cc2ccc(C)o2)CC2CCCO2)c1C. The van der Waals surface area contributed by atoms with Crippen LogP contribution in [-0.4, -0.2) is 33.9 Å². The van der Waals surface area contributed by atoms with Gasteiger partial charge < -0.3 is 9.15 Å². The topological polar surface area (TPSA) is 43.4 Å². The van der Waals surface area contributed by atoms with E-state index >= 15 is 0 Å². The van der Waals surface area contributed by atoms with Crippen LogP contribution in [0.15, 0.2) is 22.7 Å². The molecule has 0 spiro atoms. The highest BCUT2D eigenvalue weighted by Gasteiger charge is 2.21. The van der Waals surface area contributed by atoms with Crippen molar-refractivity contribution in [1.29, 1.82) is 0 Å². The Morgan fingerprint density at radius 1 is 1.29 bits per heavy atom. The smallest absolute Gasteiger partial charge is 0.118 e. The van der Waals surface area contributed by atoms with E-state index in [2.05, 4.69) is 34.6 Å². The molecule has 0 saturated carbocycles. The van der Waals surface area contributed by atoms with Crippen LogP contribution in [0.1, 0.15) is 49.0 Å². The normalized spacial score (nSPS) is 17.9. The van der Waals surface area contributed by atoms with Crippen molar-refractivity contribution in [3.63, 3.8) is 0 Å². The first-order valence-electron chi connectivity index (χ1n) is 9.06. The monoisotopic (exact) mass is 331 g/mol. The third-order valence-corrected chi connectivity index (χ3v) is 4.70. The number of nitrogens with zero attached hydrogens (tertiary/aromatic N) is 3. The van der Waals surface area contributed by atoms with Gasteiger partial charge in [-0.2, -0.15) is 5.10 Å². The van der Waals surface area contributed by atoms with E-state index in [0.717, 1.165) is 57.1 Å². The van der Waals surface area contributed by atoms with Gasteiger partial charge in [-0.05, 0) is 45.2 Å². The van der Waals surface area contributed by atoms with Gasteiger partial charge in [-0.3, -0.25) is 9.58 Å². The second kappa shape index (κ2) is 7.99. The van der Waals surface area contributed by atoms with Crippen molar-refractivity contribution in [2.24, 2.45) is 0 Å². The molecular weight excluding hydrogens is 302 g/mol. The largest absolute Gasteiger partial charge is 0.465 e. The fourth-order valence-corrected chi connectivity index (χ4v) is 3.37. The molecule has 0 N–H and O–H groups in total. The molecule has 3 rings (SSSR count). The lowest BCUT2D eigenvalue weighted by Crippen LogP contribution is -2.31. The van der Waals surface area contributed by atoms with E-state index in [1.54, 1.807) is 0 Å². The second-order valence-corrected chi connectivity index (χ2v) is 6.80. The molecule has 0 aromatic carbocycles. The number of hydrogen-bond donors (Lipinski definition) is 0. The highest BCUT2D eigenvalue weighted by Crippen LogP contribution is 2.19. The lowest BCUT2D eigenvalue weighted by molar-refractivity contribution is 0.0653. The summed E-state index contributed by atoms with van der Waals surface area (Å²) in [5.41, 5.74) is 2.56. The van der Waals surface area contributed by atoms with Crippen molar-refractivity contribution < 1.29 is 9.15 Å². The summed E-state index contributed by atoms with van der Waals surface area (Å²) in [5.74, 6) is 1.98. The maximum absolute atomic E-state index is 5.84.